The van der Waals surface area contributed by atoms with E-state index in [1.807, 2.05) is 62.4 Å². The third-order valence-electron chi connectivity index (χ3n) is 5.02. The van der Waals surface area contributed by atoms with Crippen LogP contribution >= 0.6 is 11.8 Å². The molecule has 1 aliphatic rings. The van der Waals surface area contributed by atoms with E-state index in [9.17, 15) is 9.59 Å². The van der Waals surface area contributed by atoms with Crippen LogP contribution in [0.5, 0.6) is 5.75 Å². The third kappa shape index (κ3) is 3.98. The number of fused-ring (bicyclic) bond motifs is 1. The molecule has 4 rings (SSSR count). The van der Waals surface area contributed by atoms with Crippen molar-refractivity contribution in [3.05, 3.63) is 82.3 Å². The van der Waals surface area contributed by atoms with E-state index in [0.717, 1.165) is 33.7 Å². The molecular formula is C25H23NO3S. The summed E-state index contributed by atoms with van der Waals surface area (Å²) in [6.07, 6.45) is 1.79. The maximum absolute atomic E-state index is 12.8. The fraction of sp³-hybridized carbons (Fsp3) is 0.200. The number of ether oxygens (including phenoxy) is 1. The topological polar surface area (TPSA) is 46.6 Å². The minimum atomic E-state index is -0.252. The molecule has 0 N–H and O–H groups in total. The number of amides is 2. The summed E-state index contributed by atoms with van der Waals surface area (Å²) in [6, 6.07) is 19.9. The van der Waals surface area contributed by atoms with Crippen LogP contribution in [0, 0.1) is 6.92 Å². The van der Waals surface area contributed by atoms with Gasteiger partial charge < -0.3 is 4.74 Å². The van der Waals surface area contributed by atoms with Crippen LogP contribution in [0.2, 0.25) is 0 Å². The quantitative estimate of drug-likeness (QED) is 0.466. The van der Waals surface area contributed by atoms with Crippen LogP contribution in [0.4, 0.5) is 4.79 Å². The second-order valence-electron chi connectivity index (χ2n) is 7.62. The Labute approximate surface area is 180 Å². The third-order valence-corrected chi connectivity index (χ3v) is 5.91. The smallest absolute Gasteiger partial charge is 0.293 e. The Morgan fingerprint density at radius 2 is 1.83 bits per heavy atom. The highest BCUT2D eigenvalue weighted by Gasteiger charge is 2.36. The molecule has 1 fully saturated rings. The van der Waals surface area contributed by atoms with E-state index >= 15 is 0 Å². The van der Waals surface area contributed by atoms with E-state index in [1.54, 1.807) is 6.08 Å². The number of hydrogen-bond acceptors (Lipinski definition) is 4. The lowest BCUT2D eigenvalue weighted by molar-refractivity contribution is -0.123. The predicted molar refractivity (Wildman–Crippen MR) is 122 cm³/mol. The Morgan fingerprint density at radius 3 is 2.57 bits per heavy atom. The summed E-state index contributed by atoms with van der Waals surface area (Å²) in [5.74, 6) is 0.434. The molecule has 0 aromatic heterocycles. The molecule has 30 heavy (non-hydrogen) atoms. The number of carbonyl (C=O) groups excluding carboxylic acids is 2. The first-order chi connectivity index (χ1) is 14.4. The number of aryl methyl sites for hydroxylation is 1. The summed E-state index contributed by atoms with van der Waals surface area (Å²) in [4.78, 5) is 26.8. The lowest BCUT2D eigenvalue weighted by atomic mass is 10.0. The fourth-order valence-electron chi connectivity index (χ4n) is 3.57. The van der Waals surface area contributed by atoms with E-state index in [4.69, 9.17) is 4.74 Å². The Balaban J connectivity index is 1.74. The van der Waals surface area contributed by atoms with Gasteiger partial charge in [0.25, 0.3) is 11.1 Å². The first kappa shape index (κ1) is 20.2. The molecule has 3 aromatic rings. The predicted octanol–water partition coefficient (Wildman–Crippen LogP) is 6.17. The standard InChI is InChI=1S/C25H23NO3S/c1-16(2)26-24(27)23(30-25(26)28)14-21-20-10-5-4-9-19(20)11-12-22(21)29-15-18-8-6-7-17(3)13-18/h4-14,16H,15H2,1-3H3/b23-14+. The monoisotopic (exact) mass is 417 g/mol. The molecule has 5 heteroatoms. The van der Waals surface area contributed by atoms with E-state index in [1.165, 1.54) is 10.5 Å². The first-order valence-corrected chi connectivity index (χ1v) is 10.7. The molecule has 0 unspecified atom stereocenters. The number of benzene rings is 3. The van der Waals surface area contributed by atoms with E-state index in [2.05, 4.69) is 19.1 Å². The van der Waals surface area contributed by atoms with Crippen molar-refractivity contribution in [2.24, 2.45) is 0 Å². The summed E-state index contributed by atoms with van der Waals surface area (Å²) in [7, 11) is 0. The fourth-order valence-corrected chi connectivity index (χ4v) is 4.51. The molecule has 0 bridgehead atoms. The van der Waals surface area contributed by atoms with Gasteiger partial charge in [0.15, 0.2) is 0 Å². The maximum atomic E-state index is 12.8. The van der Waals surface area contributed by atoms with Crippen molar-refractivity contribution in [1.82, 2.24) is 4.90 Å². The summed E-state index contributed by atoms with van der Waals surface area (Å²) < 4.78 is 6.17. The molecule has 1 saturated heterocycles. The second-order valence-corrected chi connectivity index (χ2v) is 8.61. The zero-order valence-corrected chi connectivity index (χ0v) is 18.0. The van der Waals surface area contributed by atoms with Gasteiger partial charge in [0.05, 0.1) is 4.91 Å². The average Bonchev–Trinajstić information content (AvgIpc) is 3.00. The molecule has 0 aliphatic carbocycles. The molecule has 0 spiro atoms. The van der Waals surface area contributed by atoms with Crippen molar-refractivity contribution in [3.63, 3.8) is 0 Å². The van der Waals surface area contributed by atoms with Crippen molar-refractivity contribution in [1.29, 1.82) is 0 Å². The molecule has 1 aliphatic heterocycles. The number of nitrogens with zero attached hydrogens (tertiary/aromatic N) is 1. The van der Waals surface area contributed by atoms with Gasteiger partial charge in [-0.25, -0.2) is 0 Å². The number of rotatable bonds is 5. The molecule has 1 heterocycles. The van der Waals surface area contributed by atoms with Crippen LogP contribution < -0.4 is 4.74 Å². The Kier molecular flexibility index (Phi) is 5.64. The number of imide groups is 1. The molecule has 0 atom stereocenters. The van der Waals surface area contributed by atoms with Gasteiger partial charge in [-0.05, 0) is 61.0 Å². The Bertz CT molecular complexity index is 1170. The van der Waals surface area contributed by atoms with Gasteiger partial charge in [-0.15, -0.1) is 0 Å². The highest BCUT2D eigenvalue weighted by molar-refractivity contribution is 8.18. The van der Waals surface area contributed by atoms with Gasteiger partial charge >= 0.3 is 0 Å². The molecule has 3 aromatic carbocycles. The van der Waals surface area contributed by atoms with Crippen molar-refractivity contribution in [2.45, 2.75) is 33.4 Å². The average molecular weight is 418 g/mol. The van der Waals surface area contributed by atoms with Crippen LogP contribution in [0.3, 0.4) is 0 Å². The number of carbonyl (C=O) groups is 2. The van der Waals surface area contributed by atoms with Crippen LogP contribution in [0.1, 0.15) is 30.5 Å². The Hall–Kier alpha value is -3.05. The lowest BCUT2D eigenvalue weighted by Crippen LogP contribution is -2.34. The molecule has 152 valence electrons. The summed E-state index contributed by atoms with van der Waals surface area (Å²) in [5.41, 5.74) is 3.07. The molecule has 2 amide bonds. The SMILES string of the molecule is Cc1cccc(COc2ccc3ccccc3c2/C=C2/SC(=O)N(C(C)C)C2=O)c1. The van der Waals surface area contributed by atoms with Gasteiger partial charge in [-0.3, -0.25) is 14.5 Å². The first-order valence-electron chi connectivity index (χ1n) is 9.91. The van der Waals surface area contributed by atoms with Crippen molar-refractivity contribution >= 4 is 39.8 Å². The van der Waals surface area contributed by atoms with Crippen LogP contribution in [-0.4, -0.2) is 22.1 Å². The molecule has 0 radical (unpaired) electrons. The van der Waals surface area contributed by atoms with E-state index in [-0.39, 0.29) is 17.2 Å². The van der Waals surface area contributed by atoms with Gasteiger partial charge in [0.1, 0.15) is 12.4 Å². The van der Waals surface area contributed by atoms with Crippen LogP contribution in [-0.2, 0) is 11.4 Å². The number of hydrogen-bond donors (Lipinski definition) is 0. The van der Waals surface area contributed by atoms with Gasteiger partial charge in [-0.2, -0.15) is 0 Å². The highest BCUT2D eigenvalue weighted by atomic mass is 32.2. The van der Waals surface area contributed by atoms with Gasteiger partial charge in [0, 0.05) is 11.6 Å². The van der Waals surface area contributed by atoms with Gasteiger partial charge in [-0.1, -0.05) is 60.2 Å². The minimum absolute atomic E-state index is 0.173. The lowest BCUT2D eigenvalue weighted by Gasteiger charge is -2.16. The normalized spacial score (nSPS) is 15.6. The largest absolute Gasteiger partial charge is 0.488 e. The summed E-state index contributed by atoms with van der Waals surface area (Å²) >= 11 is 0.982. The maximum Gasteiger partial charge on any atom is 0.293 e. The van der Waals surface area contributed by atoms with Gasteiger partial charge in [0.2, 0.25) is 0 Å². The molecule has 0 saturated carbocycles. The second kappa shape index (κ2) is 8.36. The van der Waals surface area contributed by atoms with E-state index < -0.39 is 0 Å². The van der Waals surface area contributed by atoms with Crippen molar-refractivity contribution in [2.75, 3.05) is 0 Å². The van der Waals surface area contributed by atoms with Crippen LogP contribution in [0.25, 0.3) is 16.8 Å². The zero-order valence-electron chi connectivity index (χ0n) is 17.2. The van der Waals surface area contributed by atoms with Crippen molar-refractivity contribution in [3.8, 4) is 5.75 Å². The zero-order chi connectivity index (χ0) is 21.3. The Morgan fingerprint density at radius 1 is 1.03 bits per heavy atom. The molecule has 4 nitrogen and oxygen atoms in total. The number of thioether (sulfide) groups is 1. The summed E-state index contributed by atoms with van der Waals surface area (Å²) in [5, 5.41) is 1.80. The van der Waals surface area contributed by atoms with Crippen molar-refractivity contribution < 1.29 is 14.3 Å². The minimum Gasteiger partial charge on any atom is -0.488 e. The highest BCUT2D eigenvalue weighted by Crippen LogP contribution is 2.37. The molecular weight excluding hydrogens is 394 g/mol. The van der Waals surface area contributed by atoms with Crippen LogP contribution in [0.15, 0.2) is 65.6 Å². The van der Waals surface area contributed by atoms with E-state index in [0.29, 0.717) is 17.3 Å². The summed E-state index contributed by atoms with van der Waals surface area (Å²) in [6.45, 7) is 6.16.